The molecule has 2 aromatic carbocycles. The first-order chi connectivity index (χ1) is 11.9. The van der Waals surface area contributed by atoms with Crippen molar-refractivity contribution in [2.75, 3.05) is 0 Å². The van der Waals surface area contributed by atoms with Gasteiger partial charge in [-0.25, -0.2) is 4.39 Å². The number of halogens is 2. The lowest BCUT2D eigenvalue weighted by atomic mass is 10.1. The minimum atomic E-state index is -0.733. The van der Waals surface area contributed by atoms with Gasteiger partial charge < -0.3 is 0 Å². The Morgan fingerprint density at radius 1 is 1.04 bits per heavy atom. The molecule has 0 aliphatic carbocycles. The molecule has 2 amide bonds. The number of nitro benzene ring substituents is 1. The first kappa shape index (κ1) is 16.8. The maximum absolute atomic E-state index is 13.8. The second-order valence-corrected chi connectivity index (χ2v) is 5.66. The van der Waals surface area contributed by atoms with E-state index in [0.29, 0.717) is 0 Å². The van der Waals surface area contributed by atoms with Gasteiger partial charge in [-0.2, -0.15) is 0 Å². The zero-order valence-electron chi connectivity index (χ0n) is 12.6. The monoisotopic (exact) mass is 360 g/mol. The van der Waals surface area contributed by atoms with Gasteiger partial charge in [-0.15, -0.1) is 0 Å². The molecule has 126 valence electrons. The Balaban J connectivity index is 1.91. The highest BCUT2D eigenvalue weighted by Gasteiger charge is 2.38. The number of carbonyl (C=O) groups is 2. The normalized spacial score (nSPS) is 14.4. The van der Waals surface area contributed by atoms with Gasteiger partial charge >= 0.3 is 0 Å². The smallest absolute Gasteiger partial charge is 0.269 e. The average Bonchev–Trinajstić information content (AvgIpc) is 2.80. The number of benzene rings is 2. The van der Waals surface area contributed by atoms with Crippen LogP contribution >= 0.6 is 11.6 Å². The highest BCUT2D eigenvalue weighted by atomic mass is 35.5. The van der Waals surface area contributed by atoms with Crippen molar-refractivity contribution in [2.24, 2.45) is 0 Å². The Bertz CT molecular complexity index is 925. The van der Waals surface area contributed by atoms with Gasteiger partial charge in [0.2, 0.25) is 0 Å². The molecular formula is C17H10ClFN2O4. The molecular weight excluding hydrogens is 351 g/mol. The van der Waals surface area contributed by atoms with E-state index in [2.05, 4.69) is 0 Å². The molecule has 0 unspecified atom stereocenters. The van der Waals surface area contributed by atoms with E-state index in [1.54, 1.807) is 6.07 Å². The van der Waals surface area contributed by atoms with Gasteiger partial charge in [0, 0.05) is 17.7 Å². The largest absolute Gasteiger partial charge is 0.273 e. The van der Waals surface area contributed by atoms with Crippen LogP contribution in [0.25, 0.3) is 5.57 Å². The summed E-state index contributed by atoms with van der Waals surface area (Å²) in [4.78, 5) is 35.8. The zero-order valence-corrected chi connectivity index (χ0v) is 13.4. The van der Waals surface area contributed by atoms with Crippen molar-refractivity contribution < 1.29 is 18.9 Å². The number of hydrogen-bond acceptors (Lipinski definition) is 4. The van der Waals surface area contributed by atoms with Crippen LogP contribution in [0.2, 0.25) is 0 Å². The zero-order chi connectivity index (χ0) is 18.1. The van der Waals surface area contributed by atoms with Crippen LogP contribution in [-0.4, -0.2) is 21.6 Å². The van der Waals surface area contributed by atoms with Gasteiger partial charge in [-0.3, -0.25) is 24.6 Å². The van der Waals surface area contributed by atoms with Crippen molar-refractivity contribution in [1.82, 2.24) is 4.90 Å². The highest BCUT2D eigenvalue weighted by molar-refractivity contribution is 6.55. The van der Waals surface area contributed by atoms with E-state index in [9.17, 15) is 24.1 Å². The van der Waals surface area contributed by atoms with Gasteiger partial charge in [-0.05, 0) is 23.8 Å². The van der Waals surface area contributed by atoms with Crippen LogP contribution in [0.1, 0.15) is 11.1 Å². The summed E-state index contributed by atoms with van der Waals surface area (Å²) in [5, 5.41) is 10.4. The summed E-state index contributed by atoms with van der Waals surface area (Å²) < 4.78 is 13.8. The van der Waals surface area contributed by atoms with E-state index in [0.717, 1.165) is 4.90 Å². The maximum Gasteiger partial charge on any atom is 0.273 e. The molecule has 0 atom stereocenters. The van der Waals surface area contributed by atoms with Crippen LogP contribution < -0.4 is 0 Å². The summed E-state index contributed by atoms with van der Waals surface area (Å²) in [5.74, 6) is -1.95. The number of non-ortho nitro benzene ring substituents is 1. The number of rotatable bonds is 4. The van der Waals surface area contributed by atoms with E-state index >= 15 is 0 Å². The molecule has 0 fully saturated rings. The standard InChI is InChI=1S/C17H10ClFN2O4/c18-15-14(10-5-7-12(8-6-10)21(24)25)16(22)20(17(15)23)9-11-3-1-2-4-13(11)19/h1-8H,9H2. The highest BCUT2D eigenvalue weighted by Crippen LogP contribution is 2.33. The summed E-state index contributed by atoms with van der Waals surface area (Å²) in [6.07, 6.45) is 0. The molecule has 0 bridgehead atoms. The minimum absolute atomic E-state index is 0.0575. The molecule has 0 N–H and O–H groups in total. The van der Waals surface area contributed by atoms with Gasteiger partial charge in [-0.1, -0.05) is 29.8 Å². The molecule has 0 aromatic heterocycles. The number of amides is 2. The van der Waals surface area contributed by atoms with Gasteiger partial charge in [0.05, 0.1) is 17.0 Å². The third kappa shape index (κ3) is 3.01. The molecule has 0 saturated carbocycles. The third-order valence-electron chi connectivity index (χ3n) is 3.76. The summed E-state index contributed by atoms with van der Waals surface area (Å²) >= 11 is 6.00. The van der Waals surface area contributed by atoms with Crippen LogP contribution in [0.4, 0.5) is 10.1 Å². The fraction of sp³-hybridized carbons (Fsp3) is 0.0588. The van der Waals surface area contributed by atoms with Gasteiger partial charge in [0.15, 0.2) is 0 Å². The Hall–Kier alpha value is -3.06. The Morgan fingerprint density at radius 2 is 1.68 bits per heavy atom. The summed E-state index contributed by atoms with van der Waals surface area (Å²) in [6, 6.07) is 10.9. The Kier molecular flexibility index (Phi) is 4.33. The van der Waals surface area contributed by atoms with Crippen molar-refractivity contribution in [3.05, 3.63) is 80.6 Å². The van der Waals surface area contributed by atoms with Gasteiger partial charge in [0.25, 0.3) is 17.5 Å². The summed E-state index contributed by atoms with van der Waals surface area (Å²) in [5.41, 5.74) is 0.252. The Morgan fingerprint density at radius 3 is 2.28 bits per heavy atom. The lowest BCUT2D eigenvalue weighted by Crippen LogP contribution is -2.31. The van der Waals surface area contributed by atoms with E-state index in [1.165, 1.54) is 42.5 Å². The van der Waals surface area contributed by atoms with Gasteiger partial charge in [0.1, 0.15) is 10.8 Å². The van der Waals surface area contributed by atoms with Crippen LogP contribution in [0.15, 0.2) is 53.6 Å². The molecule has 6 nitrogen and oxygen atoms in total. The molecule has 25 heavy (non-hydrogen) atoms. The fourth-order valence-corrected chi connectivity index (χ4v) is 2.78. The molecule has 1 aliphatic rings. The molecule has 1 aliphatic heterocycles. The SMILES string of the molecule is O=C1C(Cl)=C(c2ccc([N+](=O)[O-])cc2)C(=O)N1Cc1ccccc1F. The van der Waals surface area contributed by atoms with Crippen molar-refractivity contribution in [1.29, 1.82) is 0 Å². The third-order valence-corrected chi connectivity index (χ3v) is 4.12. The van der Waals surface area contributed by atoms with Crippen molar-refractivity contribution in [3.8, 4) is 0 Å². The fourth-order valence-electron chi connectivity index (χ4n) is 2.49. The average molecular weight is 361 g/mol. The molecule has 1 heterocycles. The first-order valence-electron chi connectivity index (χ1n) is 7.14. The number of carbonyl (C=O) groups excluding carboxylic acids is 2. The second-order valence-electron chi connectivity index (χ2n) is 5.28. The van der Waals surface area contributed by atoms with Crippen molar-refractivity contribution >= 4 is 34.7 Å². The number of imide groups is 1. The Labute approximate surface area is 146 Å². The predicted molar refractivity (Wildman–Crippen MR) is 87.8 cm³/mol. The lowest BCUT2D eigenvalue weighted by molar-refractivity contribution is -0.384. The van der Waals surface area contributed by atoms with E-state index in [-0.39, 0.29) is 34.0 Å². The van der Waals surface area contributed by atoms with Crippen molar-refractivity contribution in [3.63, 3.8) is 0 Å². The lowest BCUT2D eigenvalue weighted by Gasteiger charge is -2.15. The van der Waals surface area contributed by atoms with Crippen molar-refractivity contribution in [2.45, 2.75) is 6.54 Å². The number of nitrogens with zero attached hydrogens (tertiary/aromatic N) is 2. The predicted octanol–water partition coefficient (Wildman–Crippen LogP) is 3.25. The molecule has 0 saturated heterocycles. The van der Waals surface area contributed by atoms with E-state index in [1.807, 2.05) is 0 Å². The van der Waals surface area contributed by atoms with Crippen LogP contribution in [-0.2, 0) is 16.1 Å². The molecule has 0 spiro atoms. The van der Waals surface area contributed by atoms with E-state index in [4.69, 9.17) is 11.6 Å². The summed E-state index contributed by atoms with van der Waals surface area (Å²) in [6.45, 7) is -0.253. The molecule has 2 aromatic rings. The first-order valence-corrected chi connectivity index (χ1v) is 7.52. The van der Waals surface area contributed by atoms with Crippen LogP contribution in [0.3, 0.4) is 0 Å². The molecule has 0 radical (unpaired) electrons. The number of hydrogen-bond donors (Lipinski definition) is 0. The second kappa shape index (κ2) is 6.45. The number of nitro groups is 1. The molecule has 8 heteroatoms. The molecule has 3 rings (SSSR count). The van der Waals surface area contributed by atoms with Crippen LogP contribution in [0, 0.1) is 15.9 Å². The summed E-state index contributed by atoms with van der Waals surface area (Å²) in [7, 11) is 0. The maximum atomic E-state index is 13.8. The van der Waals surface area contributed by atoms with E-state index < -0.39 is 22.6 Å². The van der Waals surface area contributed by atoms with Crippen LogP contribution in [0.5, 0.6) is 0 Å². The minimum Gasteiger partial charge on any atom is -0.269 e. The quantitative estimate of drug-likeness (QED) is 0.476. The topological polar surface area (TPSA) is 80.5 Å².